The van der Waals surface area contributed by atoms with Crippen LogP contribution in [-0.2, 0) is 16.2 Å². The van der Waals surface area contributed by atoms with Gasteiger partial charge in [-0.3, -0.25) is 19.8 Å². The Labute approximate surface area is 237 Å². The van der Waals surface area contributed by atoms with Gasteiger partial charge in [-0.25, -0.2) is 4.39 Å². The normalized spacial score (nSPS) is 14.6. The van der Waals surface area contributed by atoms with Crippen LogP contribution in [0.3, 0.4) is 0 Å². The standard InChI is InChI=1S/C32H28FN3O3S/c1-19-5-14-29(20(2)15-19)36-31(38)28(30(37)34-32(36)40)17-24-16-21(3)35(22(24)4)26-10-12-27(13-11-26)39-18-23-6-8-25(33)9-7-23/h5-17H,18H2,1-4H3,(H,34,37,40)/b28-17+. The number of carbonyl (C=O) groups is 2. The van der Waals surface area contributed by atoms with Crippen LogP contribution in [-0.4, -0.2) is 21.5 Å². The molecule has 1 aromatic heterocycles. The lowest BCUT2D eigenvalue weighted by atomic mass is 10.0. The Morgan fingerprint density at radius 1 is 0.925 bits per heavy atom. The number of aromatic nitrogens is 1. The van der Waals surface area contributed by atoms with Crippen molar-refractivity contribution in [3.63, 3.8) is 0 Å². The summed E-state index contributed by atoms with van der Waals surface area (Å²) in [5, 5.41) is 2.73. The van der Waals surface area contributed by atoms with Crippen molar-refractivity contribution in [1.29, 1.82) is 0 Å². The molecule has 0 saturated carbocycles. The second-order valence-corrected chi connectivity index (χ2v) is 10.2. The van der Waals surface area contributed by atoms with Crippen LogP contribution in [0.2, 0.25) is 0 Å². The molecule has 6 nitrogen and oxygen atoms in total. The van der Waals surface area contributed by atoms with Crippen LogP contribution >= 0.6 is 12.2 Å². The number of aryl methyl sites for hydroxylation is 3. The number of hydrogen-bond donors (Lipinski definition) is 1. The maximum atomic E-state index is 13.5. The minimum Gasteiger partial charge on any atom is -0.489 e. The molecule has 202 valence electrons. The molecule has 2 amide bonds. The monoisotopic (exact) mass is 553 g/mol. The number of rotatable bonds is 6. The maximum Gasteiger partial charge on any atom is 0.270 e. The molecule has 40 heavy (non-hydrogen) atoms. The lowest BCUT2D eigenvalue weighted by Gasteiger charge is -2.30. The van der Waals surface area contributed by atoms with E-state index in [1.165, 1.54) is 17.0 Å². The first-order valence-electron chi connectivity index (χ1n) is 12.8. The molecule has 0 atom stereocenters. The average Bonchev–Trinajstić information content (AvgIpc) is 3.20. The second-order valence-electron chi connectivity index (χ2n) is 9.82. The molecule has 5 rings (SSSR count). The summed E-state index contributed by atoms with van der Waals surface area (Å²) >= 11 is 5.37. The smallest absolute Gasteiger partial charge is 0.270 e. The van der Waals surface area contributed by atoms with E-state index in [0.717, 1.165) is 39.3 Å². The Balaban J connectivity index is 1.40. The molecule has 1 aliphatic rings. The van der Waals surface area contributed by atoms with Gasteiger partial charge in [-0.1, -0.05) is 29.8 Å². The fraction of sp³-hybridized carbons (Fsp3) is 0.156. The molecule has 2 heterocycles. The van der Waals surface area contributed by atoms with E-state index >= 15 is 0 Å². The molecule has 8 heteroatoms. The van der Waals surface area contributed by atoms with Crippen molar-refractivity contribution < 1.29 is 18.7 Å². The van der Waals surface area contributed by atoms with E-state index in [4.69, 9.17) is 17.0 Å². The summed E-state index contributed by atoms with van der Waals surface area (Å²) in [7, 11) is 0. The van der Waals surface area contributed by atoms with Crippen LogP contribution in [0.4, 0.5) is 10.1 Å². The molecule has 1 saturated heterocycles. The molecule has 0 bridgehead atoms. The molecule has 0 aliphatic carbocycles. The lowest BCUT2D eigenvalue weighted by Crippen LogP contribution is -2.54. The Morgan fingerprint density at radius 2 is 1.62 bits per heavy atom. The summed E-state index contributed by atoms with van der Waals surface area (Å²) in [4.78, 5) is 27.8. The number of halogens is 1. The zero-order chi connectivity index (χ0) is 28.6. The van der Waals surface area contributed by atoms with Gasteiger partial charge in [0.15, 0.2) is 5.11 Å². The summed E-state index contributed by atoms with van der Waals surface area (Å²) < 4.78 is 21.0. The number of benzene rings is 3. The van der Waals surface area contributed by atoms with E-state index in [1.54, 1.807) is 18.2 Å². The number of hydrogen-bond acceptors (Lipinski definition) is 4. The molecule has 0 spiro atoms. The SMILES string of the molecule is Cc1ccc(N2C(=O)/C(=C/c3cc(C)n(-c4ccc(OCc5ccc(F)cc5)cc4)c3C)C(=O)NC2=S)c(C)c1. The molecular weight excluding hydrogens is 525 g/mol. The zero-order valence-corrected chi connectivity index (χ0v) is 23.4. The van der Waals surface area contributed by atoms with Gasteiger partial charge in [-0.15, -0.1) is 0 Å². The fourth-order valence-corrected chi connectivity index (χ4v) is 5.13. The van der Waals surface area contributed by atoms with Crippen LogP contribution in [0, 0.1) is 33.5 Å². The van der Waals surface area contributed by atoms with Gasteiger partial charge >= 0.3 is 0 Å². The van der Waals surface area contributed by atoms with E-state index < -0.39 is 11.8 Å². The highest BCUT2D eigenvalue weighted by Gasteiger charge is 2.35. The lowest BCUT2D eigenvalue weighted by molar-refractivity contribution is -0.122. The minimum atomic E-state index is -0.525. The maximum absolute atomic E-state index is 13.5. The van der Waals surface area contributed by atoms with Crippen molar-refractivity contribution in [2.75, 3.05) is 4.90 Å². The third-order valence-electron chi connectivity index (χ3n) is 6.88. The number of thiocarbonyl (C=S) groups is 1. The van der Waals surface area contributed by atoms with Crippen molar-refractivity contribution in [2.45, 2.75) is 34.3 Å². The molecule has 1 fully saturated rings. The van der Waals surface area contributed by atoms with E-state index in [0.29, 0.717) is 18.0 Å². The minimum absolute atomic E-state index is 0.0124. The van der Waals surface area contributed by atoms with Gasteiger partial charge in [0.25, 0.3) is 11.8 Å². The summed E-state index contributed by atoms with van der Waals surface area (Å²) in [5.74, 6) is -0.585. The number of amides is 2. The zero-order valence-electron chi connectivity index (χ0n) is 22.6. The van der Waals surface area contributed by atoms with Crippen molar-refractivity contribution in [3.8, 4) is 11.4 Å². The van der Waals surface area contributed by atoms with Crippen LogP contribution in [0.1, 0.15) is 33.6 Å². The van der Waals surface area contributed by atoms with Crippen molar-refractivity contribution in [2.24, 2.45) is 0 Å². The highest BCUT2D eigenvalue weighted by Crippen LogP contribution is 2.28. The van der Waals surface area contributed by atoms with Crippen LogP contribution in [0.5, 0.6) is 5.75 Å². The molecule has 0 unspecified atom stereocenters. The van der Waals surface area contributed by atoms with Gasteiger partial charge in [0.1, 0.15) is 23.7 Å². The molecular formula is C32H28FN3O3S. The molecule has 4 aromatic rings. The van der Waals surface area contributed by atoms with E-state index in [9.17, 15) is 14.0 Å². The van der Waals surface area contributed by atoms with Crippen LogP contribution < -0.4 is 15.0 Å². The first kappa shape index (κ1) is 27.0. The summed E-state index contributed by atoms with van der Waals surface area (Å²) in [5.41, 5.74) is 6.94. The summed E-state index contributed by atoms with van der Waals surface area (Å²) in [6.45, 7) is 8.12. The first-order chi connectivity index (χ1) is 19.1. The first-order valence-corrected chi connectivity index (χ1v) is 13.2. The van der Waals surface area contributed by atoms with Gasteiger partial charge in [0, 0.05) is 17.1 Å². The van der Waals surface area contributed by atoms with Crippen molar-refractivity contribution in [1.82, 2.24) is 9.88 Å². The van der Waals surface area contributed by atoms with Gasteiger partial charge in [0.2, 0.25) is 0 Å². The van der Waals surface area contributed by atoms with E-state index in [1.807, 2.05) is 80.8 Å². The molecule has 1 N–H and O–H groups in total. The second kappa shape index (κ2) is 10.9. The summed E-state index contributed by atoms with van der Waals surface area (Å²) in [6, 6.07) is 21.5. The Bertz CT molecular complexity index is 1670. The van der Waals surface area contributed by atoms with Crippen LogP contribution in [0.15, 0.2) is 78.4 Å². The van der Waals surface area contributed by atoms with Crippen molar-refractivity contribution >= 4 is 40.9 Å². The van der Waals surface area contributed by atoms with E-state index in [-0.39, 0.29) is 16.5 Å². The highest BCUT2D eigenvalue weighted by molar-refractivity contribution is 7.80. The largest absolute Gasteiger partial charge is 0.489 e. The van der Waals surface area contributed by atoms with Gasteiger partial charge in [-0.2, -0.15) is 0 Å². The van der Waals surface area contributed by atoms with Crippen LogP contribution in [0.25, 0.3) is 11.8 Å². The third kappa shape index (κ3) is 5.31. The molecule has 0 radical (unpaired) electrons. The van der Waals surface area contributed by atoms with Gasteiger partial charge in [-0.05, 0) is 111 Å². The van der Waals surface area contributed by atoms with Gasteiger partial charge in [0.05, 0.1) is 5.69 Å². The summed E-state index contributed by atoms with van der Waals surface area (Å²) in [6.07, 6.45) is 1.62. The molecule has 1 aliphatic heterocycles. The number of anilines is 1. The molecule has 3 aromatic carbocycles. The Kier molecular flexibility index (Phi) is 7.36. The topological polar surface area (TPSA) is 63.6 Å². The van der Waals surface area contributed by atoms with Gasteiger partial charge < -0.3 is 9.30 Å². The number of nitrogens with one attached hydrogen (secondary N) is 1. The Morgan fingerprint density at radius 3 is 2.30 bits per heavy atom. The predicted molar refractivity (Wildman–Crippen MR) is 158 cm³/mol. The highest BCUT2D eigenvalue weighted by atomic mass is 32.1. The van der Waals surface area contributed by atoms with Crippen molar-refractivity contribution in [3.05, 3.63) is 118 Å². The number of nitrogens with zero attached hydrogens (tertiary/aromatic N) is 2. The predicted octanol–water partition coefficient (Wildman–Crippen LogP) is 6.26. The number of carbonyl (C=O) groups excluding carboxylic acids is 2. The average molecular weight is 554 g/mol. The third-order valence-corrected chi connectivity index (χ3v) is 7.16. The fourth-order valence-electron chi connectivity index (χ4n) is 4.86. The number of ether oxygens (including phenoxy) is 1. The quantitative estimate of drug-likeness (QED) is 0.174. The Hall–Kier alpha value is -4.56. The van der Waals surface area contributed by atoms with E-state index in [2.05, 4.69) is 5.32 Å².